The Morgan fingerprint density at radius 1 is 0.825 bits per heavy atom. The number of hydrogen-bond acceptors (Lipinski definition) is 5. The molecule has 0 aliphatic heterocycles. The molecule has 0 radical (unpaired) electrons. The van der Waals surface area contributed by atoms with Crippen LogP contribution in [-0.4, -0.2) is 38.2 Å². The molecule has 1 saturated carbocycles. The summed E-state index contributed by atoms with van der Waals surface area (Å²) < 4.78 is 10.3. The molecule has 3 amide bonds. The molecular weight excluding hydrogens is 506 g/mol. The van der Waals surface area contributed by atoms with Crippen LogP contribution in [0.1, 0.15) is 52.7 Å². The van der Waals surface area contributed by atoms with Crippen molar-refractivity contribution in [2.24, 2.45) is 5.92 Å². The summed E-state index contributed by atoms with van der Waals surface area (Å²) in [5.74, 6) is -0.182. The van der Waals surface area contributed by atoms with Crippen LogP contribution in [-0.2, 0) is 9.53 Å². The Morgan fingerprint density at radius 3 is 2.05 bits per heavy atom. The summed E-state index contributed by atoms with van der Waals surface area (Å²) in [7, 11) is 2.93. The van der Waals surface area contributed by atoms with Crippen molar-refractivity contribution in [3.05, 3.63) is 76.9 Å². The molecule has 1 aliphatic carbocycles. The number of methoxy groups -OCH3 is 2. The first kappa shape index (κ1) is 28.7. The average molecular weight is 544 g/mol. The van der Waals surface area contributed by atoms with Crippen molar-refractivity contribution in [3.63, 3.8) is 0 Å². The molecular formula is C32H37N3O5. The molecule has 1 fully saturated rings. The van der Waals surface area contributed by atoms with Gasteiger partial charge in [-0.05, 0) is 86.1 Å². The van der Waals surface area contributed by atoms with E-state index < -0.39 is 23.9 Å². The van der Waals surface area contributed by atoms with Crippen LogP contribution < -0.4 is 20.7 Å². The van der Waals surface area contributed by atoms with E-state index in [2.05, 4.69) is 16.0 Å². The van der Waals surface area contributed by atoms with Crippen molar-refractivity contribution in [1.82, 2.24) is 5.32 Å². The third-order valence-electron chi connectivity index (χ3n) is 7.46. The summed E-state index contributed by atoms with van der Waals surface area (Å²) in [5, 5.41) is 8.70. The molecule has 0 heterocycles. The Kier molecular flexibility index (Phi) is 9.09. The van der Waals surface area contributed by atoms with Crippen LogP contribution in [0.3, 0.4) is 0 Å². The number of nitrogens with one attached hydrogen (secondary N) is 3. The van der Waals surface area contributed by atoms with Crippen LogP contribution in [0.15, 0.2) is 54.6 Å². The largest absolute Gasteiger partial charge is 0.497 e. The Bertz CT molecular complexity index is 1370. The van der Waals surface area contributed by atoms with Gasteiger partial charge in [-0.2, -0.15) is 0 Å². The van der Waals surface area contributed by atoms with Crippen molar-refractivity contribution in [3.8, 4) is 16.9 Å². The lowest BCUT2D eigenvalue weighted by atomic mass is 9.97. The van der Waals surface area contributed by atoms with Gasteiger partial charge < -0.3 is 25.4 Å². The van der Waals surface area contributed by atoms with Crippen molar-refractivity contribution >= 4 is 29.3 Å². The number of hydrogen-bond donors (Lipinski definition) is 3. The number of urea groups is 1. The molecule has 4 rings (SSSR count). The number of esters is 1. The normalized spacial score (nSPS) is 13.8. The van der Waals surface area contributed by atoms with Crippen molar-refractivity contribution in [2.75, 3.05) is 24.9 Å². The van der Waals surface area contributed by atoms with Gasteiger partial charge in [0.2, 0.25) is 0 Å². The van der Waals surface area contributed by atoms with Gasteiger partial charge in [0.05, 0.1) is 25.5 Å². The fourth-order valence-electron chi connectivity index (χ4n) is 5.46. The van der Waals surface area contributed by atoms with E-state index in [1.807, 2.05) is 63.2 Å². The Labute approximate surface area is 235 Å². The maximum Gasteiger partial charge on any atom is 0.328 e. The standard InChI is InChI=1S/C32H37N3O5/c1-19-16-20(2)28(21(3)17-19)35-32(38)33-27-18-24(22-10-13-25(39-4)14-11-22)12-15-26(27)30(36)34-29(31(37)40-5)23-8-6-7-9-23/h10-18,23,29H,6-9H2,1-5H3,(H,34,36)(H2,33,35,38)/t29-/m0/s1. The van der Waals surface area contributed by atoms with Crippen LogP contribution in [0.4, 0.5) is 16.2 Å². The highest BCUT2D eigenvalue weighted by Gasteiger charge is 2.33. The second-order valence-corrected chi connectivity index (χ2v) is 10.4. The number of carbonyl (C=O) groups is 3. The lowest BCUT2D eigenvalue weighted by molar-refractivity contribution is -0.144. The second kappa shape index (κ2) is 12.7. The zero-order valence-corrected chi connectivity index (χ0v) is 23.7. The van der Waals surface area contributed by atoms with Crippen LogP contribution in [0.5, 0.6) is 5.75 Å². The lowest BCUT2D eigenvalue weighted by Gasteiger charge is -2.23. The summed E-state index contributed by atoms with van der Waals surface area (Å²) in [6, 6.07) is 15.5. The molecule has 3 N–H and O–H groups in total. The highest BCUT2D eigenvalue weighted by atomic mass is 16.5. The van der Waals surface area contributed by atoms with Gasteiger partial charge >= 0.3 is 12.0 Å². The Morgan fingerprint density at radius 2 is 1.45 bits per heavy atom. The third-order valence-corrected chi connectivity index (χ3v) is 7.46. The monoisotopic (exact) mass is 543 g/mol. The number of amides is 3. The zero-order valence-electron chi connectivity index (χ0n) is 23.7. The molecule has 1 atom stereocenters. The van der Waals surface area contributed by atoms with Gasteiger partial charge in [-0.3, -0.25) is 4.79 Å². The molecule has 8 nitrogen and oxygen atoms in total. The summed E-state index contributed by atoms with van der Waals surface area (Å²) >= 11 is 0. The first-order valence-corrected chi connectivity index (χ1v) is 13.5. The number of benzene rings is 3. The number of rotatable bonds is 8. The van der Waals surface area contributed by atoms with Crippen LogP contribution in [0, 0.1) is 26.7 Å². The molecule has 0 aromatic heterocycles. The molecule has 3 aromatic carbocycles. The van der Waals surface area contributed by atoms with Crippen LogP contribution in [0.2, 0.25) is 0 Å². The van der Waals surface area contributed by atoms with E-state index in [4.69, 9.17) is 9.47 Å². The fraction of sp³-hybridized carbons (Fsp3) is 0.344. The zero-order chi connectivity index (χ0) is 28.8. The smallest absolute Gasteiger partial charge is 0.328 e. The first-order valence-electron chi connectivity index (χ1n) is 13.5. The second-order valence-electron chi connectivity index (χ2n) is 10.4. The molecule has 40 heavy (non-hydrogen) atoms. The predicted octanol–water partition coefficient (Wildman–Crippen LogP) is 6.39. The molecule has 0 unspecified atom stereocenters. The molecule has 3 aromatic rings. The topological polar surface area (TPSA) is 106 Å². The van der Waals surface area contributed by atoms with Gasteiger partial charge in [0.1, 0.15) is 11.8 Å². The third kappa shape index (κ3) is 6.62. The van der Waals surface area contributed by atoms with Gasteiger partial charge in [0.25, 0.3) is 5.91 Å². The minimum absolute atomic E-state index is 0.0159. The van der Waals surface area contributed by atoms with Gasteiger partial charge in [0, 0.05) is 5.69 Å². The van der Waals surface area contributed by atoms with Crippen molar-refractivity contribution in [1.29, 1.82) is 0 Å². The summed E-state index contributed by atoms with van der Waals surface area (Å²) in [4.78, 5) is 39.4. The summed E-state index contributed by atoms with van der Waals surface area (Å²) in [5.41, 5.74) is 5.96. The number of anilines is 2. The number of ether oxygens (including phenoxy) is 2. The van der Waals surface area contributed by atoms with E-state index in [9.17, 15) is 14.4 Å². The van der Waals surface area contributed by atoms with Crippen LogP contribution in [0.25, 0.3) is 11.1 Å². The molecule has 0 bridgehead atoms. The van der Waals surface area contributed by atoms with Gasteiger partial charge in [0.15, 0.2) is 0 Å². The maximum absolute atomic E-state index is 13.6. The Balaban J connectivity index is 1.66. The minimum Gasteiger partial charge on any atom is -0.497 e. The predicted molar refractivity (Wildman–Crippen MR) is 157 cm³/mol. The Hall–Kier alpha value is -4.33. The first-order chi connectivity index (χ1) is 19.2. The highest BCUT2D eigenvalue weighted by Crippen LogP contribution is 2.31. The molecule has 0 saturated heterocycles. The highest BCUT2D eigenvalue weighted by molar-refractivity contribution is 6.08. The molecule has 1 aliphatic rings. The van der Waals surface area contributed by atoms with Gasteiger partial charge in [-0.15, -0.1) is 0 Å². The van der Waals surface area contributed by atoms with Crippen molar-refractivity contribution in [2.45, 2.75) is 52.5 Å². The summed E-state index contributed by atoms with van der Waals surface area (Å²) in [6.07, 6.45) is 3.71. The average Bonchev–Trinajstić information content (AvgIpc) is 3.48. The van der Waals surface area contributed by atoms with E-state index in [-0.39, 0.29) is 11.5 Å². The number of aryl methyl sites for hydroxylation is 3. The number of carbonyl (C=O) groups excluding carboxylic acids is 3. The quantitative estimate of drug-likeness (QED) is 0.285. The van der Waals surface area contributed by atoms with Gasteiger partial charge in [-0.25, -0.2) is 9.59 Å². The van der Waals surface area contributed by atoms with Gasteiger partial charge in [-0.1, -0.05) is 48.7 Å². The fourth-order valence-corrected chi connectivity index (χ4v) is 5.46. The lowest BCUT2D eigenvalue weighted by Crippen LogP contribution is -2.46. The summed E-state index contributed by atoms with van der Waals surface area (Å²) in [6.45, 7) is 5.89. The van der Waals surface area contributed by atoms with Crippen LogP contribution >= 0.6 is 0 Å². The SMILES string of the molecule is COC(=O)[C@@H](NC(=O)c1ccc(-c2ccc(OC)cc2)cc1NC(=O)Nc1c(C)cc(C)cc1C)C1CCCC1. The van der Waals surface area contributed by atoms with E-state index in [0.29, 0.717) is 11.4 Å². The van der Waals surface area contributed by atoms with Crippen molar-refractivity contribution < 1.29 is 23.9 Å². The maximum atomic E-state index is 13.6. The van der Waals surface area contributed by atoms with E-state index >= 15 is 0 Å². The molecule has 8 heteroatoms. The molecule has 0 spiro atoms. The van der Waals surface area contributed by atoms with E-state index in [1.54, 1.807) is 19.2 Å². The minimum atomic E-state index is -0.749. The van der Waals surface area contributed by atoms with E-state index in [1.165, 1.54) is 7.11 Å². The van der Waals surface area contributed by atoms with E-state index in [0.717, 1.165) is 59.3 Å². The molecule has 210 valence electrons.